The number of ether oxygens (including phenoxy) is 1. The number of carbonyl (C=O) groups is 1. The molecule has 0 unspecified atom stereocenters. The van der Waals surface area contributed by atoms with Crippen LogP contribution in [-0.2, 0) is 21.4 Å². The number of fused-ring (bicyclic) bond motifs is 1. The molecular formula is C39H43ClN6O5S. The quantitative estimate of drug-likeness (QED) is 0.0915. The van der Waals surface area contributed by atoms with Crippen LogP contribution in [0.2, 0.25) is 5.02 Å². The van der Waals surface area contributed by atoms with Crippen molar-refractivity contribution in [2.24, 2.45) is 4.99 Å². The van der Waals surface area contributed by atoms with Crippen LogP contribution in [-0.4, -0.2) is 62.1 Å². The Morgan fingerprint density at radius 2 is 1.73 bits per heavy atom. The molecule has 0 bridgehead atoms. The summed E-state index contributed by atoms with van der Waals surface area (Å²) < 4.78 is 33.3. The molecule has 5 aromatic rings. The van der Waals surface area contributed by atoms with E-state index in [-0.39, 0.29) is 30.2 Å². The van der Waals surface area contributed by atoms with E-state index in [4.69, 9.17) is 26.3 Å². The number of hydrogen-bond acceptors (Lipinski definition) is 8. The van der Waals surface area contributed by atoms with E-state index in [1.807, 2.05) is 56.9 Å². The Bertz CT molecular complexity index is 2290. The lowest BCUT2D eigenvalue weighted by atomic mass is 10.1. The molecule has 52 heavy (non-hydrogen) atoms. The van der Waals surface area contributed by atoms with Crippen molar-refractivity contribution in [2.45, 2.75) is 40.7 Å². The lowest BCUT2D eigenvalue weighted by molar-refractivity contribution is -0.110. The van der Waals surface area contributed by atoms with Gasteiger partial charge in [-0.2, -0.15) is 0 Å². The number of nitrogens with zero attached hydrogens (tertiary/aromatic N) is 4. The van der Waals surface area contributed by atoms with Crippen LogP contribution in [0.25, 0.3) is 10.9 Å². The molecule has 0 radical (unpaired) electrons. The van der Waals surface area contributed by atoms with Crippen LogP contribution in [0.3, 0.4) is 0 Å². The second-order valence-electron chi connectivity index (χ2n) is 12.5. The minimum Gasteiger partial charge on any atom is -0.493 e. The molecule has 4 aromatic carbocycles. The van der Waals surface area contributed by atoms with Crippen LogP contribution in [0.1, 0.15) is 35.9 Å². The van der Waals surface area contributed by atoms with E-state index in [0.29, 0.717) is 53.4 Å². The van der Waals surface area contributed by atoms with Crippen molar-refractivity contribution in [3.05, 3.63) is 123 Å². The number of carbonyl (C=O) groups excluding carboxylic acids is 1. The summed E-state index contributed by atoms with van der Waals surface area (Å²) in [6.45, 7) is 9.75. The number of hydrogen-bond donors (Lipinski definition) is 2. The third-order valence-electron chi connectivity index (χ3n) is 8.43. The molecule has 2 N–H and O–H groups in total. The SMILES string of the molecule is CCN(CCNS(C)(=O)=O)c1ccc(/N=C(\C(=O)Nc2ccccc2Cl)c2nc3ccccc3c(=O)n2CCCOc2ccc(C)cc2C)c(C)c1. The van der Waals surface area contributed by atoms with Crippen molar-refractivity contribution < 1.29 is 17.9 Å². The van der Waals surface area contributed by atoms with Crippen LogP contribution in [0.15, 0.2) is 94.7 Å². The lowest BCUT2D eigenvalue weighted by Gasteiger charge is -2.24. The van der Waals surface area contributed by atoms with Gasteiger partial charge in [-0.05, 0) is 93.8 Å². The van der Waals surface area contributed by atoms with Gasteiger partial charge >= 0.3 is 0 Å². The van der Waals surface area contributed by atoms with Gasteiger partial charge in [0.05, 0.1) is 40.2 Å². The number of nitrogens with one attached hydrogen (secondary N) is 2. The summed E-state index contributed by atoms with van der Waals surface area (Å²) in [6.07, 6.45) is 1.58. The van der Waals surface area contributed by atoms with E-state index in [9.17, 15) is 18.0 Å². The number of aryl methyl sites for hydroxylation is 3. The van der Waals surface area contributed by atoms with Crippen LogP contribution in [0.5, 0.6) is 5.75 Å². The highest BCUT2D eigenvalue weighted by atomic mass is 35.5. The molecule has 1 aromatic heterocycles. The van der Waals surface area contributed by atoms with E-state index < -0.39 is 15.9 Å². The Hall–Kier alpha value is -5.04. The molecule has 0 spiro atoms. The van der Waals surface area contributed by atoms with Crippen molar-refractivity contribution in [2.75, 3.05) is 42.7 Å². The Balaban J connectivity index is 1.56. The van der Waals surface area contributed by atoms with Gasteiger partial charge in [0.1, 0.15) is 5.75 Å². The molecule has 0 aliphatic rings. The maximum atomic E-state index is 14.2. The zero-order valence-corrected chi connectivity index (χ0v) is 31.5. The number of para-hydroxylation sites is 2. The number of likely N-dealkylation sites (N-methyl/N-ethyl adjacent to an activating group) is 1. The minimum absolute atomic E-state index is 0.0707. The summed E-state index contributed by atoms with van der Waals surface area (Å²) >= 11 is 6.43. The third-order valence-corrected chi connectivity index (χ3v) is 9.49. The van der Waals surface area contributed by atoms with Crippen molar-refractivity contribution >= 4 is 61.2 Å². The first-order valence-electron chi connectivity index (χ1n) is 17.0. The monoisotopic (exact) mass is 742 g/mol. The van der Waals surface area contributed by atoms with Gasteiger partial charge in [-0.25, -0.2) is 23.1 Å². The van der Waals surface area contributed by atoms with E-state index in [1.54, 1.807) is 54.6 Å². The van der Waals surface area contributed by atoms with Crippen LogP contribution in [0, 0.1) is 20.8 Å². The summed E-state index contributed by atoms with van der Waals surface area (Å²) in [5.74, 6) is 0.273. The molecule has 11 nitrogen and oxygen atoms in total. The number of amides is 1. The number of aromatic nitrogens is 2. The zero-order chi connectivity index (χ0) is 37.4. The second-order valence-corrected chi connectivity index (χ2v) is 14.7. The van der Waals surface area contributed by atoms with Crippen LogP contribution in [0.4, 0.5) is 17.1 Å². The van der Waals surface area contributed by atoms with Gasteiger partial charge < -0.3 is 15.0 Å². The molecule has 1 heterocycles. The summed E-state index contributed by atoms with van der Waals surface area (Å²) in [6, 6.07) is 25.4. The van der Waals surface area contributed by atoms with E-state index in [0.717, 1.165) is 34.4 Å². The predicted octanol–water partition coefficient (Wildman–Crippen LogP) is 6.58. The maximum Gasteiger partial charge on any atom is 0.278 e. The summed E-state index contributed by atoms with van der Waals surface area (Å²) in [5.41, 5.74) is 4.70. The van der Waals surface area contributed by atoms with Gasteiger partial charge in [0.15, 0.2) is 11.5 Å². The molecule has 13 heteroatoms. The predicted molar refractivity (Wildman–Crippen MR) is 210 cm³/mol. The Labute approximate surface area is 309 Å². The molecular weight excluding hydrogens is 700 g/mol. The minimum atomic E-state index is -3.32. The molecule has 0 fully saturated rings. The maximum absolute atomic E-state index is 14.2. The molecule has 272 valence electrons. The summed E-state index contributed by atoms with van der Waals surface area (Å²) in [5, 5.41) is 3.63. The largest absolute Gasteiger partial charge is 0.493 e. The smallest absolute Gasteiger partial charge is 0.278 e. The van der Waals surface area contributed by atoms with E-state index in [1.165, 1.54) is 4.57 Å². The highest BCUT2D eigenvalue weighted by molar-refractivity contribution is 7.88. The van der Waals surface area contributed by atoms with Crippen LogP contribution < -0.4 is 25.2 Å². The van der Waals surface area contributed by atoms with Crippen molar-refractivity contribution in [1.82, 2.24) is 14.3 Å². The second kappa shape index (κ2) is 17.0. The Morgan fingerprint density at radius 1 is 0.981 bits per heavy atom. The number of benzene rings is 4. The van der Waals surface area contributed by atoms with Gasteiger partial charge in [-0.15, -0.1) is 0 Å². The number of aliphatic imine (C=N–C) groups is 1. The number of sulfonamides is 1. The number of anilines is 2. The topological polar surface area (TPSA) is 135 Å². The molecule has 0 atom stereocenters. The fourth-order valence-corrected chi connectivity index (χ4v) is 6.43. The van der Waals surface area contributed by atoms with Crippen molar-refractivity contribution in [3.63, 3.8) is 0 Å². The van der Waals surface area contributed by atoms with Gasteiger partial charge in [0, 0.05) is 31.9 Å². The highest BCUT2D eigenvalue weighted by Crippen LogP contribution is 2.27. The molecule has 0 aliphatic heterocycles. The normalized spacial score (nSPS) is 11.8. The molecule has 5 rings (SSSR count). The Kier molecular flexibility index (Phi) is 12.5. The van der Waals surface area contributed by atoms with E-state index >= 15 is 0 Å². The average Bonchev–Trinajstić information content (AvgIpc) is 3.10. The molecule has 0 aliphatic carbocycles. The fourth-order valence-electron chi connectivity index (χ4n) is 5.79. The Morgan fingerprint density at radius 3 is 2.44 bits per heavy atom. The highest BCUT2D eigenvalue weighted by Gasteiger charge is 2.24. The van der Waals surface area contributed by atoms with Gasteiger partial charge in [0.2, 0.25) is 10.0 Å². The van der Waals surface area contributed by atoms with Gasteiger partial charge in [-0.3, -0.25) is 14.2 Å². The summed E-state index contributed by atoms with van der Waals surface area (Å²) in [4.78, 5) is 40.1. The van der Waals surface area contributed by atoms with Crippen LogP contribution >= 0.6 is 11.6 Å². The van der Waals surface area contributed by atoms with Crippen molar-refractivity contribution in [1.29, 1.82) is 0 Å². The third kappa shape index (κ3) is 9.64. The molecule has 1 amide bonds. The molecule has 0 saturated heterocycles. The first-order chi connectivity index (χ1) is 24.8. The van der Waals surface area contributed by atoms with Gasteiger partial charge in [0.25, 0.3) is 11.5 Å². The zero-order valence-electron chi connectivity index (χ0n) is 29.9. The van der Waals surface area contributed by atoms with Crippen molar-refractivity contribution in [3.8, 4) is 5.75 Å². The number of rotatable bonds is 15. The summed E-state index contributed by atoms with van der Waals surface area (Å²) in [7, 11) is -3.32. The average molecular weight is 743 g/mol. The number of halogens is 1. The fraction of sp³-hybridized carbons (Fsp3) is 0.282. The molecule has 0 saturated carbocycles. The first-order valence-corrected chi connectivity index (χ1v) is 19.3. The van der Waals surface area contributed by atoms with Gasteiger partial charge in [-0.1, -0.05) is 53.6 Å². The lowest BCUT2D eigenvalue weighted by Crippen LogP contribution is -2.34. The first kappa shape index (κ1) is 38.2. The standard InChI is InChI=1S/C39H43ClN6O5S/c1-6-45(22-20-41-52(5,49)50)29-17-18-32(27(3)25-29)42-36(38(47)44-34-15-10-8-13-31(34)40)37-43-33-14-9-7-12-30(33)39(48)46(37)21-11-23-51-35-19-16-26(2)24-28(35)4/h7-10,12-19,24-25,41H,6,11,20-23H2,1-5H3,(H,44,47)/b42-36-. The van der Waals surface area contributed by atoms with E-state index in [2.05, 4.69) is 16.1 Å².